The highest BCUT2D eigenvalue weighted by Gasteiger charge is 2.47. The molecule has 3 fully saturated rings. The lowest BCUT2D eigenvalue weighted by Gasteiger charge is -2.51. The van der Waals surface area contributed by atoms with E-state index in [1.807, 2.05) is 25.2 Å². The lowest BCUT2D eigenvalue weighted by atomic mass is 9.58. The predicted octanol–water partition coefficient (Wildman–Crippen LogP) is 4.12. The van der Waals surface area contributed by atoms with Crippen LogP contribution in [0.3, 0.4) is 0 Å². The van der Waals surface area contributed by atoms with E-state index in [1.165, 1.54) is 0 Å². The number of benzene rings is 1. The average molecular weight is 428 g/mol. The van der Waals surface area contributed by atoms with Gasteiger partial charge in [0.05, 0.1) is 24.1 Å². The molecule has 1 aromatic carbocycles. The van der Waals surface area contributed by atoms with Crippen LogP contribution in [-0.2, 0) is 7.05 Å². The topological polar surface area (TPSA) is 88.1 Å². The maximum absolute atomic E-state index is 6.59. The number of aryl methyl sites for hydroxylation is 1. The first-order valence-electron chi connectivity index (χ1n) is 10.4. The fourth-order valence-corrected chi connectivity index (χ4v) is 5.07. The van der Waals surface area contributed by atoms with Crippen molar-refractivity contribution in [2.24, 2.45) is 18.2 Å². The summed E-state index contributed by atoms with van der Waals surface area (Å²) in [5, 5.41) is 6.03. The van der Waals surface area contributed by atoms with Gasteiger partial charge in [0.1, 0.15) is 11.4 Å². The van der Waals surface area contributed by atoms with Gasteiger partial charge in [-0.25, -0.2) is 9.67 Å². The van der Waals surface area contributed by atoms with Crippen molar-refractivity contribution in [3.8, 4) is 23.0 Å². The van der Waals surface area contributed by atoms with Gasteiger partial charge in [-0.1, -0.05) is 11.6 Å². The molecule has 3 saturated carbocycles. The van der Waals surface area contributed by atoms with Crippen LogP contribution in [0.4, 0.5) is 0 Å². The zero-order valence-corrected chi connectivity index (χ0v) is 18.1. The van der Waals surface area contributed by atoms with E-state index in [-0.39, 0.29) is 11.0 Å². The summed E-state index contributed by atoms with van der Waals surface area (Å²) in [4.78, 5) is 8.61. The van der Waals surface area contributed by atoms with E-state index in [9.17, 15) is 0 Å². The quantitative estimate of drug-likeness (QED) is 0.658. The molecule has 0 saturated heterocycles. The van der Waals surface area contributed by atoms with E-state index in [0.29, 0.717) is 29.0 Å². The van der Waals surface area contributed by atoms with Crippen LogP contribution in [0, 0.1) is 5.41 Å². The molecule has 0 aliphatic heterocycles. The summed E-state index contributed by atoms with van der Waals surface area (Å²) in [5.41, 5.74) is 9.13. The van der Waals surface area contributed by atoms with Gasteiger partial charge in [-0.2, -0.15) is 10.1 Å². The van der Waals surface area contributed by atoms with Gasteiger partial charge in [-0.3, -0.25) is 0 Å². The second-order valence-electron chi connectivity index (χ2n) is 8.86. The molecule has 8 heteroatoms. The third kappa shape index (κ3) is 3.30. The van der Waals surface area contributed by atoms with Crippen LogP contribution in [0.5, 0.6) is 11.8 Å². The molecule has 3 aliphatic rings. The normalized spacial score (nSPS) is 25.6. The van der Waals surface area contributed by atoms with Crippen LogP contribution in [0.15, 0.2) is 24.4 Å². The van der Waals surface area contributed by atoms with E-state index in [1.54, 1.807) is 18.0 Å². The fourth-order valence-electron chi connectivity index (χ4n) is 4.84. The summed E-state index contributed by atoms with van der Waals surface area (Å²) in [6, 6.07) is 6.12. The first-order chi connectivity index (χ1) is 14.4. The molecule has 2 heterocycles. The Kier molecular flexibility index (Phi) is 4.63. The van der Waals surface area contributed by atoms with E-state index in [0.717, 1.165) is 55.2 Å². The molecule has 0 atom stereocenters. The first kappa shape index (κ1) is 19.6. The highest BCUT2D eigenvalue weighted by molar-refractivity contribution is 6.32. The van der Waals surface area contributed by atoms with Crippen molar-refractivity contribution in [3.63, 3.8) is 0 Å². The molecule has 3 aliphatic carbocycles. The smallest absolute Gasteiger partial charge is 0.318 e. The summed E-state index contributed by atoms with van der Waals surface area (Å²) in [6.07, 6.45) is 8.45. The molecule has 2 aromatic heterocycles. The van der Waals surface area contributed by atoms with Crippen molar-refractivity contribution in [1.29, 1.82) is 0 Å². The van der Waals surface area contributed by atoms with E-state index >= 15 is 0 Å². The minimum absolute atomic E-state index is 0.0697. The van der Waals surface area contributed by atoms with Gasteiger partial charge >= 0.3 is 6.01 Å². The Morgan fingerprint density at radius 1 is 1.17 bits per heavy atom. The number of ether oxygens (including phenoxy) is 2. The van der Waals surface area contributed by atoms with Crippen molar-refractivity contribution in [1.82, 2.24) is 19.7 Å². The zero-order valence-electron chi connectivity index (χ0n) is 17.3. The minimum atomic E-state index is 0.0697. The second kappa shape index (κ2) is 7.10. The van der Waals surface area contributed by atoms with Gasteiger partial charge in [0.25, 0.3) is 0 Å². The highest BCUT2D eigenvalue weighted by Crippen LogP contribution is 2.51. The Balaban J connectivity index is 1.37. The Morgan fingerprint density at radius 2 is 1.90 bits per heavy atom. The van der Waals surface area contributed by atoms with Gasteiger partial charge in [-0.15, -0.1) is 0 Å². The van der Waals surface area contributed by atoms with Crippen LogP contribution in [0.2, 0.25) is 5.02 Å². The minimum Gasteiger partial charge on any atom is -0.491 e. The number of hydrogen-bond donors (Lipinski definition) is 1. The molecule has 7 nitrogen and oxygen atoms in total. The molecule has 0 amide bonds. The van der Waals surface area contributed by atoms with Crippen LogP contribution in [0.1, 0.15) is 38.5 Å². The largest absolute Gasteiger partial charge is 0.491 e. The van der Waals surface area contributed by atoms with Crippen LogP contribution >= 0.6 is 11.6 Å². The summed E-state index contributed by atoms with van der Waals surface area (Å²) < 4.78 is 13.0. The van der Waals surface area contributed by atoms with Crippen molar-refractivity contribution in [3.05, 3.63) is 29.4 Å². The van der Waals surface area contributed by atoms with Crippen LogP contribution in [-0.4, -0.2) is 39.0 Å². The molecule has 2 N–H and O–H groups in total. The van der Waals surface area contributed by atoms with Gasteiger partial charge in [0.2, 0.25) is 0 Å². The Hall–Kier alpha value is -2.38. The van der Waals surface area contributed by atoms with Crippen LogP contribution < -0.4 is 15.2 Å². The zero-order chi connectivity index (χ0) is 20.9. The maximum atomic E-state index is 6.59. The van der Waals surface area contributed by atoms with Crippen molar-refractivity contribution < 1.29 is 9.47 Å². The number of fused-ring (bicyclic) bond motifs is 4. The fraction of sp³-hybridized carbons (Fsp3) is 0.500. The Labute approximate surface area is 180 Å². The summed E-state index contributed by atoms with van der Waals surface area (Å²) >= 11 is 6.59. The number of rotatable bonds is 5. The first-order valence-corrected chi connectivity index (χ1v) is 10.7. The Bertz CT molecular complexity index is 1090. The van der Waals surface area contributed by atoms with Gasteiger partial charge < -0.3 is 15.2 Å². The molecule has 0 radical (unpaired) electrons. The van der Waals surface area contributed by atoms with E-state index < -0.39 is 0 Å². The van der Waals surface area contributed by atoms with Gasteiger partial charge in [-0.05, 0) is 56.7 Å². The third-order valence-electron chi connectivity index (χ3n) is 6.94. The summed E-state index contributed by atoms with van der Waals surface area (Å²) in [6.45, 7) is 0.697. The maximum Gasteiger partial charge on any atom is 0.318 e. The summed E-state index contributed by atoms with van der Waals surface area (Å²) in [5.74, 6) is 0.711. The molecule has 6 rings (SSSR count). The van der Waals surface area contributed by atoms with Crippen molar-refractivity contribution in [2.45, 2.75) is 44.1 Å². The molecule has 2 bridgehead atoms. The van der Waals surface area contributed by atoms with Crippen LogP contribution in [0.25, 0.3) is 22.3 Å². The molecule has 0 unspecified atom stereocenters. The second-order valence-corrected chi connectivity index (χ2v) is 9.27. The molecular weight excluding hydrogens is 402 g/mol. The lowest BCUT2D eigenvalue weighted by molar-refractivity contribution is 0.00535. The summed E-state index contributed by atoms with van der Waals surface area (Å²) in [7, 11) is 3.39. The number of aromatic nitrogens is 4. The number of nitrogens with zero attached hydrogens (tertiary/aromatic N) is 4. The van der Waals surface area contributed by atoms with Gasteiger partial charge in [0, 0.05) is 29.8 Å². The molecule has 3 aromatic rings. The average Bonchev–Trinajstić information content (AvgIpc) is 3.10. The number of nitrogens with two attached hydrogens (primary N) is 1. The van der Waals surface area contributed by atoms with Crippen molar-refractivity contribution >= 4 is 22.6 Å². The van der Waals surface area contributed by atoms with Gasteiger partial charge in [0.15, 0.2) is 5.65 Å². The number of hydrogen-bond acceptors (Lipinski definition) is 6. The monoisotopic (exact) mass is 427 g/mol. The SMILES string of the molecule is COc1ncc2c(-c3ccc(OCC45CCC(N)(CC4)CC5)c(Cl)c3)nn(C)c2n1. The molecule has 0 spiro atoms. The standard InChI is InChI=1S/C22H26ClN5O2/c1-28-19-15(12-25-20(26-19)29-2)18(27-28)14-3-4-17(16(23)11-14)30-13-21-5-8-22(24,9-6-21)10-7-21/h3-4,11-12H,5-10,13,24H2,1-2H3. The van der Waals surface area contributed by atoms with E-state index in [4.69, 9.17) is 26.8 Å². The van der Waals surface area contributed by atoms with Crippen molar-refractivity contribution in [2.75, 3.05) is 13.7 Å². The number of halogens is 1. The number of methoxy groups -OCH3 is 1. The lowest BCUT2D eigenvalue weighted by Crippen LogP contribution is -2.53. The van der Waals surface area contributed by atoms with E-state index in [2.05, 4.69) is 15.1 Å². The molecular formula is C22H26ClN5O2. The Morgan fingerprint density at radius 3 is 2.57 bits per heavy atom. The third-order valence-corrected chi connectivity index (χ3v) is 7.23. The predicted molar refractivity (Wildman–Crippen MR) is 116 cm³/mol. The molecule has 158 valence electrons. The molecule has 30 heavy (non-hydrogen) atoms. The highest BCUT2D eigenvalue weighted by atomic mass is 35.5.